The number of carboxylic acid groups (broad SMARTS) is 1. The third kappa shape index (κ3) is 36.6. The highest BCUT2D eigenvalue weighted by Gasteiger charge is 2.27. The van der Waals surface area contributed by atoms with E-state index in [1.165, 1.54) is 96.3 Å². The number of ether oxygens (including phenoxy) is 2. The van der Waals surface area contributed by atoms with Crippen LogP contribution in [0.3, 0.4) is 0 Å². The van der Waals surface area contributed by atoms with Crippen LogP contribution in [0.1, 0.15) is 181 Å². The molecule has 300 valence electrons. The number of unbranched alkanes of at least 4 members (excludes halogenated alkanes) is 21. The number of carboxylic acids is 1. The fraction of sp³-hybridized carbons (Fsp3) is 0.850. The molecule has 3 atom stereocenters. The van der Waals surface area contributed by atoms with Crippen LogP contribution in [0.15, 0.2) is 24.3 Å². The Bertz CT molecular complexity index is 914. The van der Waals surface area contributed by atoms with E-state index in [4.69, 9.17) is 29.4 Å². The molecule has 11 heteroatoms. The number of aliphatic carboxylic acids is 1. The molecule has 0 aromatic carbocycles. The van der Waals surface area contributed by atoms with Gasteiger partial charge in [0.05, 0.1) is 19.8 Å². The van der Waals surface area contributed by atoms with Crippen molar-refractivity contribution >= 4 is 19.8 Å². The number of carbonyl (C=O) groups is 2. The third-order valence-electron chi connectivity index (χ3n) is 8.70. The summed E-state index contributed by atoms with van der Waals surface area (Å²) in [5.41, 5.74) is 5.34. The van der Waals surface area contributed by atoms with Crippen LogP contribution in [0, 0.1) is 0 Å². The first-order chi connectivity index (χ1) is 24.7. The molecule has 0 rings (SSSR count). The van der Waals surface area contributed by atoms with Gasteiger partial charge in [-0.15, -0.1) is 0 Å². The molecule has 0 radical (unpaired) electrons. The Labute approximate surface area is 311 Å². The van der Waals surface area contributed by atoms with Gasteiger partial charge in [-0.25, -0.2) is 4.57 Å². The molecule has 3 unspecified atom stereocenters. The number of nitrogens with two attached hydrogens (primary N) is 1. The molecule has 51 heavy (non-hydrogen) atoms. The summed E-state index contributed by atoms with van der Waals surface area (Å²) in [4.78, 5) is 33.4. The fourth-order valence-electron chi connectivity index (χ4n) is 5.46. The van der Waals surface area contributed by atoms with Crippen LogP contribution in [0.5, 0.6) is 0 Å². The molecule has 0 heterocycles. The van der Waals surface area contributed by atoms with Crippen molar-refractivity contribution in [2.45, 2.75) is 193 Å². The molecule has 0 fully saturated rings. The van der Waals surface area contributed by atoms with E-state index in [1.54, 1.807) is 0 Å². The molecule has 0 bridgehead atoms. The van der Waals surface area contributed by atoms with Gasteiger partial charge in [-0.1, -0.05) is 141 Å². The van der Waals surface area contributed by atoms with Crippen LogP contribution in [-0.4, -0.2) is 60.5 Å². The lowest BCUT2D eigenvalue weighted by Crippen LogP contribution is -2.34. The largest absolute Gasteiger partial charge is 0.480 e. The summed E-state index contributed by atoms with van der Waals surface area (Å²) in [5.74, 6) is -1.79. The van der Waals surface area contributed by atoms with Crippen LogP contribution in [0.25, 0.3) is 0 Å². The first-order valence-electron chi connectivity index (χ1n) is 20.4. The monoisotopic (exact) mass is 746 g/mol. The Kier molecular flexibility index (Phi) is 35.7. The number of phosphoric acid groups is 1. The molecule has 0 aromatic rings. The standard InChI is InChI=1S/C40H76NO9P/c1-3-5-7-9-11-13-15-16-17-18-19-20-21-23-25-27-29-31-33-47-34-37(35-48-51(45,46)49-36-38(41)40(43)44)50-39(42)32-30-28-26-24-22-14-12-10-8-6-4-2/h10,12,16-17,37-38H,3-9,11,13-15,18-36,41H2,1-2H3,(H,43,44)(H,45,46)/b12-10-,17-16-. The van der Waals surface area contributed by atoms with Crippen LogP contribution in [-0.2, 0) is 32.7 Å². The van der Waals surface area contributed by atoms with Gasteiger partial charge < -0.3 is 25.2 Å². The minimum Gasteiger partial charge on any atom is -0.480 e. The van der Waals surface area contributed by atoms with Crippen LogP contribution < -0.4 is 5.73 Å². The molecule has 0 aliphatic rings. The van der Waals surface area contributed by atoms with E-state index < -0.39 is 45.1 Å². The van der Waals surface area contributed by atoms with Crippen LogP contribution in [0.2, 0.25) is 0 Å². The minimum absolute atomic E-state index is 0.0135. The zero-order chi connectivity index (χ0) is 37.7. The fourth-order valence-corrected chi connectivity index (χ4v) is 6.24. The number of hydrogen-bond acceptors (Lipinski definition) is 8. The van der Waals surface area contributed by atoms with E-state index in [1.807, 2.05) is 0 Å². The van der Waals surface area contributed by atoms with Gasteiger partial charge in [-0.05, 0) is 57.8 Å². The molecular weight excluding hydrogens is 669 g/mol. The van der Waals surface area contributed by atoms with E-state index in [0.29, 0.717) is 13.0 Å². The van der Waals surface area contributed by atoms with Gasteiger partial charge in [0.15, 0.2) is 0 Å². The maximum Gasteiger partial charge on any atom is 0.472 e. The molecule has 0 saturated carbocycles. The van der Waals surface area contributed by atoms with Gasteiger partial charge in [-0.2, -0.15) is 0 Å². The molecule has 0 aromatic heterocycles. The van der Waals surface area contributed by atoms with Crippen LogP contribution >= 0.6 is 7.82 Å². The Hall–Kier alpha value is -1.55. The van der Waals surface area contributed by atoms with Gasteiger partial charge in [0, 0.05) is 13.0 Å². The zero-order valence-electron chi connectivity index (χ0n) is 32.5. The maximum absolute atomic E-state index is 12.5. The molecular formula is C40H76NO9P. The molecule has 0 amide bonds. The first-order valence-corrected chi connectivity index (χ1v) is 21.9. The summed E-state index contributed by atoms with van der Waals surface area (Å²) < 4.78 is 33.2. The second-order valence-electron chi connectivity index (χ2n) is 13.8. The van der Waals surface area contributed by atoms with Crippen molar-refractivity contribution in [1.29, 1.82) is 0 Å². The Morgan fingerprint density at radius 3 is 1.55 bits per heavy atom. The van der Waals surface area contributed by atoms with E-state index in [-0.39, 0.29) is 13.0 Å². The van der Waals surface area contributed by atoms with Gasteiger partial charge in [-0.3, -0.25) is 18.6 Å². The smallest absolute Gasteiger partial charge is 0.472 e. The van der Waals surface area contributed by atoms with Gasteiger partial charge in [0.1, 0.15) is 12.1 Å². The SMILES string of the molecule is CCCC/C=C\CCCCCCCC(=O)OC(COCCCCCCCCCC/C=C\CCCCCCCC)COP(=O)(O)OCC(N)C(=O)O. The zero-order valence-corrected chi connectivity index (χ0v) is 33.3. The summed E-state index contributed by atoms with van der Waals surface area (Å²) >= 11 is 0. The van der Waals surface area contributed by atoms with Gasteiger partial charge >= 0.3 is 19.8 Å². The molecule has 4 N–H and O–H groups in total. The van der Waals surface area contributed by atoms with Gasteiger partial charge in [0.2, 0.25) is 0 Å². The number of allylic oxidation sites excluding steroid dienone is 4. The van der Waals surface area contributed by atoms with E-state index in [9.17, 15) is 19.0 Å². The topological polar surface area (TPSA) is 155 Å². The molecule has 0 spiro atoms. The molecule has 10 nitrogen and oxygen atoms in total. The van der Waals surface area contributed by atoms with Crippen molar-refractivity contribution in [2.24, 2.45) is 5.73 Å². The average molecular weight is 746 g/mol. The van der Waals surface area contributed by atoms with Crippen molar-refractivity contribution < 1.29 is 42.7 Å². The highest BCUT2D eigenvalue weighted by Crippen LogP contribution is 2.43. The number of rotatable bonds is 39. The molecule has 0 aliphatic carbocycles. The summed E-state index contributed by atoms with van der Waals surface area (Å²) in [7, 11) is -4.61. The lowest BCUT2D eigenvalue weighted by Gasteiger charge is -2.20. The minimum atomic E-state index is -4.61. The summed E-state index contributed by atoms with van der Waals surface area (Å²) in [5, 5.41) is 8.87. The highest BCUT2D eigenvalue weighted by molar-refractivity contribution is 7.47. The quantitative estimate of drug-likeness (QED) is 0.0240. The lowest BCUT2D eigenvalue weighted by atomic mass is 10.1. The van der Waals surface area contributed by atoms with Gasteiger partial charge in [0.25, 0.3) is 0 Å². The molecule has 0 saturated heterocycles. The van der Waals surface area contributed by atoms with Crippen molar-refractivity contribution in [3.8, 4) is 0 Å². The number of carbonyl (C=O) groups excluding carboxylic acids is 1. The Balaban J connectivity index is 4.22. The van der Waals surface area contributed by atoms with E-state index in [2.05, 4.69) is 38.2 Å². The van der Waals surface area contributed by atoms with Crippen molar-refractivity contribution in [1.82, 2.24) is 0 Å². The predicted molar refractivity (Wildman–Crippen MR) is 208 cm³/mol. The number of hydrogen-bond donors (Lipinski definition) is 3. The Morgan fingerprint density at radius 1 is 0.608 bits per heavy atom. The summed E-state index contributed by atoms with van der Waals surface area (Å²) in [6.45, 7) is 3.82. The first kappa shape index (κ1) is 49.5. The average Bonchev–Trinajstić information content (AvgIpc) is 3.10. The van der Waals surface area contributed by atoms with E-state index >= 15 is 0 Å². The highest BCUT2D eigenvalue weighted by atomic mass is 31.2. The van der Waals surface area contributed by atoms with E-state index in [0.717, 1.165) is 57.8 Å². The normalized spacial score (nSPS) is 14.3. The van der Waals surface area contributed by atoms with Crippen LogP contribution in [0.4, 0.5) is 0 Å². The second kappa shape index (κ2) is 36.8. The Morgan fingerprint density at radius 2 is 1.04 bits per heavy atom. The predicted octanol–water partition coefficient (Wildman–Crippen LogP) is 10.8. The molecule has 0 aliphatic heterocycles. The number of phosphoric ester groups is 1. The number of esters is 1. The summed E-state index contributed by atoms with van der Waals surface area (Å²) in [6.07, 6.45) is 38.0. The third-order valence-corrected chi connectivity index (χ3v) is 9.65. The second-order valence-corrected chi connectivity index (χ2v) is 15.2. The van der Waals surface area contributed by atoms with Crippen molar-refractivity contribution in [2.75, 3.05) is 26.4 Å². The summed E-state index contributed by atoms with van der Waals surface area (Å²) in [6, 6.07) is -1.47. The van der Waals surface area contributed by atoms with Crippen molar-refractivity contribution in [3.63, 3.8) is 0 Å². The van der Waals surface area contributed by atoms with Crippen molar-refractivity contribution in [3.05, 3.63) is 24.3 Å². The lowest BCUT2D eigenvalue weighted by molar-refractivity contribution is -0.154. The maximum atomic E-state index is 12.5.